The van der Waals surface area contributed by atoms with Crippen LogP contribution in [0.25, 0.3) is 0 Å². The average molecular weight is 207 g/mol. The minimum atomic E-state index is -1.68. The molecule has 2 nitrogen and oxygen atoms in total. The first kappa shape index (κ1) is 13.5. The fourth-order valence-electron chi connectivity index (χ4n) is 0.362. The Hall–Kier alpha value is 0.930. The summed E-state index contributed by atoms with van der Waals surface area (Å²) >= 11 is 9.32. The maximum atomic E-state index is 8.20. The van der Waals surface area contributed by atoms with Gasteiger partial charge in [0.15, 0.2) is 0 Å². The molecule has 0 aromatic rings. The number of hydrogen-bond acceptors (Lipinski definition) is 2. The molecule has 5 heteroatoms. The van der Waals surface area contributed by atoms with Crippen LogP contribution in [-0.4, -0.2) is 16.6 Å². The van der Waals surface area contributed by atoms with Crippen LogP contribution in [0.1, 0.15) is 26.2 Å². The molecule has 0 rings (SSSR count). The molecule has 0 aromatic carbocycles. The molecule has 10 heavy (non-hydrogen) atoms. The van der Waals surface area contributed by atoms with Crippen molar-refractivity contribution in [3.8, 4) is 0 Å². The van der Waals surface area contributed by atoms with Gasteiger partial charge in [0.1, 0.15) is 0 Å². The molecule has 0 saturated carbocycles. The molecule has 0 radical (unpaired) electrons. The Balaban J connectivity index is 0. The summed E-state index contributed by atoms with van der Waals surface area (Å²) in [5.41, 5.74) is 0. The van der Waals surface area contributed by atoms with Crippen molar-refractivity contribution in [2.24, 2.45) is 0 Å². The zero-order chi connectivity index (χ0) is 8.41. The van der Waals surface area contributed by atoms with Crippen molar-refractivity contribution in [3.05, 3.63) is 0 Å². The first-order valence-electron chi connectivity index (χ1n) is 3.06. The Labute approximate surface area is 72.6 Å². The third-order valence-electron chi connectivity index (χ3n) is 0.762. The van der Waals surface area contributed by atoms with E-state index in [1.165, 1.54) is 6.42 Å². The van der Waals surface area contributed by atoms with E-state index >= 15 is 0 Å². The molecule has 0 unspecified atom stereocenters. The minimum absolute atomic E-state index is 0.355. The lowest BCUT2D eigenvalue weighted by atomic mass is 10.3. The van der Waals surface area contributed by atoms with Crippen molar-refractivity contribution in [2.75, 3.05) is 6.61 Å². The van der Waals surface area contributed by atoms with Gasteiger partial charge in [-0.05, 0) is 28.9 Å². The third-order valence-corrected chi connectivity index (χ3v) is 0.762. The van der Waals surface area contributed by atoms with Crippen molar-refractivity contribution >= 4 is 29.3 Å². The number of aliphatic hydroxyl groups is 1. The smallest absolute Gasteiger partial charge is 0.222 e. The predicted octanol–water partition coefficient (Wildman–Crippen LogP) is 2.85. The maximum Gasteiger partial charge on any atom is 0.222 e. The molecule has 0 fully saturated rings. The molecule has 0 aliphatic carbocycles. The summed E-state index contributed by atoms with van der Waals surface area (Å²) in [6.07, 6.45) is 3.33. The second-order valence-electron chi connectivity index (χ2n) is 1.65. The fourth-order valence-corrected chi connectivity index (χ4v) is 0.362. The van der Waals surface area contributed by atoms with Gasteiger partial charge in [-0.3, -0.25) is 0 Å². The quantitative estimate of drug-likeness (QED) is 0.551. The molecular weight excluding hydrogens is 194 g/mol. The summed E-state index contributed by atoms with van der Waals surface area (Å²) in [7, 11) is 0. The average Bonchev–Trinajstić information content (AvgIpc) is 1.82. The highest BCUT2D eigenvalue weighted by molar-refractivity contribution is 7.99. The number of hydrogen-bond donors (Lipinski definition) is 2. The molecule has 0 bridgehead atoms. The predicted molar refractivity (Wildman–Crippen MR) is 47.5 cm³/mol. The highest BCUT2D eigenvalue weighted by atomic mass is 35.9. The lowest BCUT2D eigenvalue weighted by Gasteiger charge is -1.85. The molecule has 0 aromatic heterocycles. The molecule has 0 amide bonds. The van der Waals surface area contributed by atoms with Crippen molar-refractivity contribution < 1.29 is 10.00 Å². The van der Waals surface area contributed by atoms with Crippen LogP contribution in [0, 0.1) is 0 Å². The van der Waals surface area contributed by atoms with Crippen LogP contribution in [-0.2, 0) is 0 Å². The molecule has 0 saturated heterocycles. The lowest BCUT2D eigenvalue weighted by molar-refractivity contribution is 0.284. The Morgan fingerprint density at radius 3 is 1.80 bits per heavy atom. The van der Waals surface area contributed by atoms with Gasteiger partial charge in [-0.2, -0.15) is 0 Å². The maximum absolute atomic E-state index is 8.20. The van der Waals surface area contributed by atoms with Gasteiger partial charge in [0.25, 0.3) is 0 Å². The van der Waals surface area contributed by atoms with E-state index in [9.17, 15) is 0 Å². The van der Waals surface area contributed by atoms with E-state index in [0.717, 1.165) is 12.8 Å². The van der Waals surface area contributed by atoms with Crippen LogP contribution >= 0.6 is 29.3 Å². The number of unbranched alkanes of at least 4 members (excludes halogenated alkanes) is 2. The van der Waals surface area contributed by atoms with Crippen LogP contribution in [0.15, 0.2) is 0 Å². The molecule has 0 heterocycles. The zero-order valence-electron chi connectivity index (χ0n) is 5.93. The van der Waals surface area contributed by atoms with E-state index in [0.29, 0.717) is 6.61 Å². The van der Waals surface area contributed by atoms with E-state index in [1.54, 1.807) is 0 Å². The summed E-state index contributed by atoms with van der Waals surface area (Å²) in [5.74, 6) is 0. The van der Waals surface area contributed by atoms with Crippen molar-refractivity contribution in [2.45, 2.75) is 26.2 Å². The Morgan fingerprint density at radius 2 is 1.70 bits per heavy atom. The Bertz CT molecular complexity index is 48.2. The largest absolute Gasteiger partial charge is 0.396 e. The molecule has 0 atom stereocenters. The molecule has 2 N–H and O–H groups in total. The molecule has 0 spiro atoms. The van der Waals surface area contributed by atoms with E-state index in [2.05, 4.69) is 29.4 Å². The van der Waals surface area contributed by atoms with Crippen molar-refractivity contribution in [1.29, 1.82) is 0 Å². The normalized spacial score (nSPS) is 9.00. The second-order valence-corrected chi connectivity index (χ2v) is 4.52. The number of halogens is 2. The van der Waals surface area contributed by atoms with E-state index in [1.807, 2.05) is 0 Å². The Kier molecular flexibility index (Phi) is 17.0. The van der Waals surface area contributed by atoms with Crippen LogP contribution in [0.4, 0.5) is 0 Å². The van der Waals surface area contributed by atoms with Crippen LogP contribution in [0.3, 0.4) is 0 Å². The summed E-state index contributed by atoms with van der Waals surface area (Å²) in [5, 5.41) is 8.20. The van der Waals surface area contributed by atoms with E-state index < -0.39 is 6.85 Å². The van der Waals surface area contributed by atoms with Gasteiger partial charge in [0.2, 0.25) is 6.85 Å². The van der Waals surface area contributed by atoms with Crippen LogP contribution in [0.2, 0.25) is 0 Å². The lowest BCUT2D eigenvalue weighted by Crippen LogP contribution is -1.78. The first-order valence-corrected chi connectivity index (χ1v) is 6.17. The topological polar surface area (TPSA) is 40.5 Å². The summed E-state index contributed by atoms with van der Waals surface area (Å²) < 4.78 is 0. The molecule has 64 valence electrons. The van der Waals surface area contributed by atoms with Crippen molar-refractivity contribution in [1.82, 2.24) is 0 Å². The molecule has 0 aliphatic rings. The van der Waals surface area contributed by atoms with E-state index in [4.69, 9.17) is 10.00 Å². The van der Waals surface area contributed by atoms with Gasteiger partial charge in [0.05, 0.1) is 0 Å². The Morgan fingerprint density at radius 1 is 1.30 bits per heavy atom. The minimum Gasteiger partial charge on any atom is -0.396 e. The third kappa shape index (κ3) is 36.4. The fraction of sp³-hybridized carbons (Fsp3) is 1.00. The monoisotopic (exact) mass is 206 g/mol. The van der Waals surface area contributed by atoms with E-state index in [-0.39, 0.29) is 0 Å². The molecular formula is C5H13Cl2O2P. The van der Waals surface area contributed by atoms with Crippen molar-refractivity contribution in [3.63, 3.8) is 0 Å². The highest BCUT2D eigenvalue weighted by Gasteiger charge is 1.79. The molecule has 0 aliphatic heterocycles. The number of rotatable bonds is 3. The van der Waals surface area contributed by atoms with Gasteiger partial charge in [-0.1, -0.05) is 19.8 Å². The van der Waals surface area contributed by atoms with Gasteiger partial charge in [-0.15, -0.1) is 0 Å². The van der Waals surface area contributed by atoms with Crippen LogP contribution < -0.4 is 0 Å². The standard InChI is InChI=1S/C5H12O.Cl2HOP/c1-2-3-4-5-6;1-4(2)3/h6H,2-5H2,1H3;3H. The highest BCUT2D eigenvalue weighted by Crippen LogP contribution is 2.40. The zero-order valence-corrected chi connectivity index (χ0v) is 8.33. The van der Waals surface area contributed by atoms with Crippen LogP contribution in [0.5, 0.6) is 0 Å². The van der Waals surface area contributed by atoms with Gasteiger partial charge >= 0.3 is 0 Å². The SMILES string of the molecule is CCCCCO.OP(Cl)Cl. The first-order chi connectivity index (χ1) is 4.65. The summed E-state index contributed by atoms with van der Waals surface area (Å²) in [6.45, 7) is 0.800. The summed E-state index contributed by atoms with van der Waals surface area (Å²) in [4.78, 5) is 7.65. The van der Waals surface area contributed by atoms with Gasteiger partial charge < -0.3 is 10.00 Å². The number of aliphatic hydroxyl groups excluding tert-OH is 1. The summed E-state index contributed by atoms with van der Waals surface area (Å²) in [6, 6.07) is 0. The van der Waals surface area contributed by atoms with Gasteiger partial charge in [0, 0.05) is 6.61 Å². The van der Waals surface area contributed by atoms with Gasteiger partial charge in [-0.25, -0.2) is 0 Å². The second kappa shape index (κ2) is 12.6.